The van der Waals surface area contributed by atoms with Gasteiger partial charge in [-0.2, -0.15) is 0 Å². The highest BCUT2D eigenvalue weighted by Crippen LogP contribution is 2.14. The first-order valence-electron chi connectivity index (χ1n) is 8.17. The molecule has 1 heterocycles. The molecule has 0 fully saturated rings. The number of aliphatic imine (C=N–C) groups is 1. The molecule has 1 aromatic carbocycles. The highest BCUT2D eigenvalue weighted by Gasteiger charge is 2.11. The predicted octanol–water partition coefficient (Wildman–Crippen LogP) is 2.29. The summed E-state index contributed by atoms with van der Waals surface area (Å²) in [5.41, 5.74) is 2.13. The third-order valence-corrected chi connectivity index (χ3v) is 4.49. The number of aromatic nitrogens is 1. The van der Waals surface area contributed by atoms with Gasteiger partial charge in [-0.25, -0.2) is 12.8 Å². The maximum Gasteiger partial charge on any atom is 0.191 e. The lowest BCUT2D eigenvalue weighted by Gasteiger charge is -2.14. The van der Waals surface area contributed by atoms with Gasteiger partial charge in [-0.1, -0.05) is 12.1 Å². The van der Waals surface area contributed by atoms with Crippen molar-refractivity contribution in [2.24, 2.45) is 4.99 Å². The van der Waals surface area contributed by atoms with Gasteiger partial charge in [0.15, 0.2) is 15.8 Å². The lowest BCUT2D eigenvalue weighted by atomic mass is 10.1. The smallest absolute Gasteiger partial charge is 0.191 e. The largest absolute Gasteiger partial charge is 0.356 e. The quantitative estimate of drug-likeness (QED) is 0.342. The summed E-state index contributed by atoms with van der Waals surface area (Å²) in [5.74, 6) is 0.0170. The van der Waals surface area contributed by atoms with Gasteiger partial charge in [-0.3, -0.25) is 9.98 Å². The van der Waals surface area contributed by atoms with Crippen molar-refractivity contribution in [3.8, 4) is 0 Å². The zero-order valence-corrected chi connectivity index (χ0v) is 18.4. The van der Waals surface area contributed by atoms with Crippen LogP contribution in [0.15, 0.2) is 47.6 Å². The van der Waals surface area contributed by atoms with Crippen LogP contribution in [0.1, 0.15) is 16.8 Å². The normalized spacial score (nSPS) is 11.6. The first-order valence-corrected chi connectivity index (χ1v) is 10.2. The van der Waals surface area contributed by atoms with Crippen LogP contribution in [0.4, 0.5) is 4.39 Å². The molecule has 1 aromatic heterocycles. The molecule has 2 N–H and O–H groups in total. The number of hydrogen-bond acceptors (Lipinski definition) is 4. The number of benzene rings is 1. The van der Waals surface area contributed by atoms with Gasteiger partial charge in [0.25, 0.3) is 0 Å². The molecular weight excluding hydrogens is 482 g/mol. The molecule has 2 aromatic rings. The predicted molar refractivity (Wildman–Crippen MR) is 117 cm³/mol. The average Bonchev–Trinajstić information content (AvgIpc) is 2.60. The highest BCUT2D eigenvalue weighted by molar-refractivity contribution is 14.0. The average molecular weight is 506 g/mol. The summed E-state index contributed by atoms with van der Waals surface area (Å²) in [5, 5.41) is 6.24. The van der Waals surface area contributed by atoms with Gasteiger partial charge in [-0.05, 0) is 35.4 Å². The van der Waals surface area contributed by atoms with Crippen molar-refractivity contribution in [1.29, 1.82) is 0 Å². The molecule has 0 aliphatic rings. The van der Waals surface area contributed by atoms with E-state index in [1.807, 2.05) is 18.2 Å². The number of guanidine groups is 1. The molecule has 27 heavy (non-hydrogen) atoms. The van der Waals surface area contributed by atoms with E-state index < -0.39 is 15.7 Å². The van der Waals surface area contributed by atoms with E-state index in [9.17, 15) is 12.8 Å². The van der Waals surface area contributed by atoms with Crippen LogP contribution in [0.5, 0.6) is 0 Å². The number of sulfone groups is 1. The van der Waals surface area contributed by atoms with E-state index in [1.165, 1.54) is 18.2 Å². The zero-order chi connectivity index (χ0) is 19.0. The monoisotopic (exact) mass is 506 g/mol. The Morgan fingerprint density at radius 1 is 1.19 bits per heavy atom. The molecule has 0 atom stereocenters. The van der Waals surface area contributed by atoms with Crippen molar-refractivity contribution >= 4 is 39.8 Å². The van der Waals surface area contributed by atoms with Crippen molar-refractivity contribution in [2.75, 3.05) is 19.8 Å². The molecule has 0 spiro atoms. The summed E-state index contributed by atoms with van der Waals surface area (Å²) < 4.78 is 36.7. The minimum atomic E-state index is -3.20. The minimum absolute atomic E-state index is 0. The van der Waals surface area contributed by atoms with E-state index in [2.05, 4.69) is 20.6 Å². The van der Waals surface area contributed by atoms with E-state index in [0.717, 1.165) is 18.4 Å². The molecular formula is C18H24FIN4O2S. The first-order chi connectivity index (χ1) is 12.4. The molecule has 0 unspecified atom stereocenters. The molecule has 9 heteroatoms. The Bertz CT molecular complexity index is 861. The first kappa shape index (κ1) is 23.3. The molecule has 148 valence electrons. The molecule has 0 saturated heterocycles. The van der Waals surface area contributed by atoms with Crippen molar-refractivity contribution in [3.63, 3.8) is 0 Å². The number of halogens is 2. The molecule has 0 bridgehead atoms. The fourth-order valence-corrected chi connectivity index (χ4v) is 3.28. The Morgan fingerprint density at radius 2 is 1.96 bits per heavy atom. The number of nitrogens with zero attached hydrogens (tertiary/aromatic N) is 2. The summed E-state index contributed by atoms with van der Waals surface area (Å²) in [6.45, 7) is 0.905. The van der Waals surface area contributed by atoms with E-state index >= 15 is 0 Å². The summed E-state index contributed by atoms with van der Waals surface area (Å²) in [7, 11) is -1.57. The third-order valence-electron chi connectivity index (χ3n) is 3.66. The number of nitrogens with one attached hydrogen (secondary N) is 2. The fraction of sp³-hybridized carbons (Fsp3) is 0.333. The second-order valence-corrected chi connectivity index (χ2v) is 8.05. The van der Waals surface area contributed by atoms with Gasteiger partial charge < -0.3 is 10.6 Å². The molecule has 0 radical (unpaired) electrons. The fourth-order valence-electron chi connectivity index (χ4n) is 2.44. The maximum atomic E-state index is 13.5. The van der Waals surface area contributed by atoms with Crippen molar-refractivity contribution in [1.82, 2.24) is 15.6 Å². The Morgan fingerprint density at radius 3 is 2.59 bits per heavy atom. The molecule has 6 nitrogen and oxygen atoms in total. The van der Waals surface area contributed by atoms with E-state index in [0.29, 0.717) is 23.6 Å². The maximum absolute atomic E-state index is 13.5. The van der Waals surface area contributed by atoms with Crippen LogP contribution >= 0.6 is 24.0 Å². The Hall–Kier alpha value is -1.75. The number of pyridine rings is 1. The van der Waals surface area contributed by atoms with Gasteiger partial charge in [-0.15, -0.1) is 24.0 Å². The summed E-state index contributed by atoms with van der Waals surface area (Å²) in [6.07, 6.45) is 3.64. The molecule has 0 amide bonds. The molecule has 0 aliphatic carbocycles. The van der Waals surface area contributed by atoms with Crippen LogP contribution in [0.2, 0.25) is 0 Å². The van der Waals surface area contributed by atoms with Crippen LogP contribution in [0.25, 0.3) is 0 Å². The highest BCUT2D eigenvalue weighted by atomic mass is 127. The van der Waals surface area contributed by atoms with Crippen molar-refractivity contribution in [3.05, 3.63) is 65.2 Å². The summed E-state index contributed by atoms with van der Waals surface area (Å²) >= 11 is 0. The van der Waals surface area contributed by atoms with Gasteiger partial charge >= 0.3 is 0 Å². The Kier molecular flexibility index (Phi) is 9.64. The van der Waals surface area contributed by atoms with Crippen LogP contribution in [0, 0.1) is 5.82 Å². The third kappa shape index (κ3) is 8.65. The Labute approximate surface area is 176 Å². The van der Waals surface area contributed by atoms with Gasteiger partial charge in [0, 0.05) is 44.7 Å². The van der Waals surface area contributed by atoms with Crippen LogP contribution < -0.4 is 10.6 Å². The number of hydrogen-bond donors (Lipinski definition) is 2. The second-order valence-electron chi connectivity index (χ2n) is 5.91. The Balaban J connectivity index is 0.00000364. The van der Waals surface area contributed by atoms with Gasteiger partial charge in [0.1, 0.15) is 5.82 Å². The van der Waals surface area contributed by atoms with E-state index in [4.69, 9.17) is 0 Å². The van der Waals surface area contributed by atoms with Crippen LogP contribution in [-0.4, -0.2) is 39.2 Å². The van der Waals surface area contributed by atoms with E-state index in [-0.39, 0.29) is 36.3 Å². The van der Waals surface area contributed by atoms with Gasteiger partial charge in [0.05, 0.1) is 5.75 Å². The van der Waals surface area contributed by atoms with Crippen LogP contribution in [0.3, 0.4) is 0 Å². The van der Waals surface area contributed by atoms with E-state index in [1.54, 1.807) is 13.2 Å². The molecule has 2 rings (SSSR count). The zero-order valence-electron chi connectivity index (χ0n) is 15.3. The van der Waals surface area contributed by atoms with Crippen molar-refractivity contribution < 1.29 is 12.8 Å². The summed E-state index contributed by atoms with van der Waals surface area (Å²) in [6, 6.07) is 9.86. The lowest BCUT2D eigenvalue weighted by Crippen LogP contribution is -2.38. The molecule has 0 aliphatic heterocycles. The lowest BCUT2D eigenvalue weighted by molar-refractivity contribution is 0.599. The number of rotatable bonds is 7. The summed E-state index contributed by atoms with van der Waals surface area (Å²) in [4.78, 5) is 8.37. The second kappa shape index (κ2) is 11.2. The SMILES string of the molecule is CN=C(NCCc1ccccn1)NCc1cc(F)ccc1CS(C)(=O)=O.I. The van der Waals surface area contributed by atoms with Gasteiger partial charge in [0.2, 0.25) is 0 Å². The van der Waals surface area contributed by atoms with Crippen LogP contribution in [-0.2, 0) is 28.6 Å². The minimum Gasteiger partial charge on any atom is -0.356 e. The molecule has 0 saturated carbocycles. The standard InChI is InChI=1S/C18H23FN4O2S.HI/c1-20-18(22-10-8-17-5-3-4-9-21-17)23-12-15-11-16(19)7-6-14(15)13-26(2,24)25;/h3-7,9,11H,8,10,12-13H2,1-2H3,(H2,20,22,23);1H. The topological polar surface area (TPSA) is 83.4 Å². The van der Waals surface area contributed by atoms with Crippen molar-refractivity contribution in [2.45, 2.75) is 18.7 Å².